The molecule has 3 N–H and O–H groups in total. The quantitative estimate of drug-likeness (QED) is 0.0629. The van der Waals surface area contributed by atoms with Crippen molar-refractivity contribution in [3.63, 3.8) is 0 Å². The lowest BCUT2D eigenvalue weighted by atomic mass is 9.78. The number of allylic oxidation sites excluding steroid dienone is 6. The van der Waals surface area contributed by atoms with Gasteiger partial charge in [-0.15, -0.1) is 0 Å². The Balaban J connectivity index is 0.850. The van der Waals surface area contributed by atoms with Gasteiger partial charge < -0.3 is 68.3 Å². The van der Waals surface area contributed by atoms with Gasteiger partial charge in [-0.2, -0.15) is 0 Å². The predicted octanol–water partition coefficient (Wildman–Crippen LogP) is 6.88. The number of ketones is 3. The first-order valence-corrected chi connectivity index (χ1v) is 36.5. The van der Waals surface area contributed by atoms with Gasteiger partial charge in [-0.25, -0.2) is 29.5 Å². The standard InChI is InChI=1S/C75H112N10O16/c1-48-17-13-12-14-18-50(3)62(95-9)41-58-22-20-55(8)75(94,101-58)69(90)70(91)85-25-16-15-19-59(85)71(92)99-63(42-60(86)51(4)38-54(7)67(89)68(97-11)66(88)53(6)37-48)52(5)39-56-21-23-61(64(40-56)96-10)100-74(93)80-47-57-45-78-73(79-46-57)84-32-30-82(31-33-84)65(87)24-35-98-36-34-81-26-28-83(29-27-81)72-76-43-49(2)44-77-72/h12-14,17-18,38,43-46,48,51-53,55-56,58-59,61-64,67-68,89,94H,15-16,19-37,39-42,47H2,1-11H3,(H,80,93)/b14-12+,17-13+,50-18+,54-38+/t48-,51-,52-,53?,55-,56?,58+,59+,61-,62+,63+,64-,67-,68+,75-/m1/s1. The van der Waals surface area contributed by atoms with Gasteiger partial charge in [0.05, 0.1) is 37.9 Å². The number of cyclic esters (lactones) is 1. The lowest BCUT2D eigenvalue weighted by molar-refractivity contribution is -0.265. The molecule has 0 spiro atoms. The van der Waals surface area contributed by atoms with Crippen LogP contribution in [0.5, 0.6) is 0 Å². The van der Waals surface area contributed by atoms with E-state index in [0.29, 0.717) is 121 Å². The zero-order valence-corrected chi connectivity index (χ0v) is 61.4. The molecule has 26 heteroatoms. The number of Topliss-reactive ketones (excluding diaryl/α,β-unsaturated/α-hetero) is 3. The molecule has 26 nitrogen and oxygen atoms in total. The number of piperazine rings is 2. The van der Waals surface area contributed by atoms with Crippen molar-refractivity contribution in [2.24, 2.45) is 35.5 Å². The number of ether oxygens (including phenoxy) is 7. The Morgan fingerprint density at radius 1 is 0.743 bits per heavy atom. The number of carbonyl (C=O) groups excluding carboxylic acids is 7. The van der Waals surface area contributed by atoms with Crippen molar-refractivity contribution in [3.8, 4) is 0 Å². The predicted molar refractivity (Wildman–Crippen MR) is 378 cm³/mol. The first-order chi connectivity index (χ1) is 48.4. The van der Waals surface area contributed by atoms with Crippen molar-refractivity contribution in [2.45, 2.75) is 200 Å². The zero-order chi connectivity index (χ0) is 72.9. The van der Waals surface area contributed by atoms with E-state index in [1.807, 2.05) is 80.3 Å². The molecule has 5 fully saturated rings. The lowest BCUT2D eigenvalue weighted by Gasteiger charge is -2.42. The Morgan fingerprint density at radius 2 is 1.43 bits per heavy atom. The largest absolute Gasteiger partial charge is 0.460 e. The number of aliphatic hydroxyl groups is 2. The molecule has 101 heavy (non-hydrogen) atoms. The molecule has 2 bridgehead atoms. The van der Waals surface area contributed by atoms with Crippen LogP contribution in [0.2, 0.25) is 0 Å². The fourth-order valence-corrected chi connectivity index (χ4v) is 14.7. The van der Waals surface area contributed by atoms with E-state index in [9.17, 15) is 43.8 Å². The average Bonchev–Trinajstić information content (AvgIpc) is 0.773. The Hall–Kier alpha value is -6.91. The Bertz CT molecular complexity index is 3190. The summed E-state index contributed by atoms with van der Waals surface area (Å²) in [4.78, 5) is 126. The number of alkyl carbamates (subject to hydrolysis) is 1. The second kappa shape index (κ2) is 38.6. The zero-order valence-electron chi connectivity index (χ0n) is 61.4. The summed E-state index contributed by atoms with van der Waals surface area (Å²) in [5, 5.41) is 26.6. The monoisotopic (exact) mass is 1410 g/mol. The third kappa shape index (κ3) is 22.3. The van der Waals surface area contributed by atoms with Crippen LogP contribution in [0.15, 0.2) is 72.4 Å². The fraction of sp³-hybridized carbons (Fsp3) is 0.693. The van der Waals surface area contributed by atoms with E-state index in [1.165, 1.54) is 12.0 Å². The number of piperidine rings is 1. The molecule has 2 unspecified atom stereocenters. The summed E-state index contributed by atoms with van der Waals surface area (Å²) in [5.74, 6) is -7.30. The minimum absolute atomic E-state index is 0.0147. The highest BCUT2D eigenvalue weighted by Crippen LogP contribution is 2.38. The molecule has 7 heterocycles. The fourth-order valence-electron chi connectivity index (χ4n) is 14.7. The maximum atomic E-state index is 14.8. The molecule has 0 radical (unpaired) electrons. The summed E-state index contributed by atoms with van der Waals surface area (Å²) in [6.45, 7) is 22.1. The van der Waals surface area contributed by atoms with E-state index in [0.717, 1.165) is 49.8 Å². The number of aryl methyl sites for hydroxylation is 1. The molecule has 0 aromatic carbocycles. The summed E-state index contributed by atoms with van der Waals surface area (Å²) >= 11 is 0. The highest BCUT2D eigenvalue weighted by molar-refractivity contribution is 6.39. The molecule has 5 aliphatic heterocycles. The van der Waals surface area contributed by atoms with Crippen LogP contribution in [0.4, 0.5) is 16.7 Å². The molecule has 6 aliphatic rings. The number of nitrogens with one attached hydrogen (secondary N) is 1. The van der Waals surface area contributed by atoms with Crippen LogP contribution in [0, 0.1) is 42.4 Å². The summed E-state index contributed by atoms with van der Waals surface area (Å²) < 4.78 is 42.0. The number of nitrogens with zero attached hydrogens (tertiary/aromatic N) is 9. The number of fused-ring (bicyclic) bond motifs is 3. The average molecular weight is 1410 g/mol. The number of esters is 1. The van der Waals surface area contributed by atoms with Crippen LogP contribution >= 0.6 is 0 Å². The van der Waals surface area contributed by atoms with Crippen molar-refractivity contribution < 1.29 is 76.9 Å². The number of amides is 3. The van der Waals surface area contributed by atoms with Crippen LogP contribution in [0.1, 0.15) is 143 Å². The summed E-state index contributed by atoms with van der Waals surface area (Å²) in [6, 6.07) is -1.21. The van der Waals surface area contributed by atoms with Gasteiger partial charge in [0.25, 0.3) is 11.7 Å². The molecule has 8 rings (SSSR count). The highest BCUT2D eigenvalue weighted by atomic mass is 16.6. The topological polar surface area (TPSA) is 304 Å². The molecular formula is C75H112N10O16. The van der Waals surface area contributed by atoms with Crippen molar-refractivity contribution in [3.05, 3.63) is 83.5 Å². The van der Waals surface area contributed by atoms with Crippen molar-refractivity contribution >= 4 is 53.1 Å². The molecule has 558 valence electrons. The van der Waals surface area contributed by atoms with Crippen molar-refractivity contribution in [1.82, 2.24) is 40.0 Å². The first kappa shape index (κ1) is 79.8. The molecule has 2 aromatic rings. The SMILES string of the molecule is CO[C@H]1C[C@@H]2CC[C@@H](C)[C@@](O)(O2)C(=O)C(=O)N2CCCC[C@H]2C(=O)O[C@H]([C@H](C)CC2CC[C@@H](OC(=O)NCc3cnc(N4CCN(C(=O)CCOCCN5CCN(c6ncc(C)cn6)CC5)CC4)nc3)[C@H](OC)C2)CC(=O)[C@H](C)/C=C(\C)[C@@H](O)[C@@H](OC)C(=O)C(C)C[C@H](C)/C=C/C=C/C=C/1C. The molecule has 3 amide bonds. The van der Waals surface area contributed by atoms with Crippen molar-refractivity contribution in [1.29, 1.82) is 0 Å². The second-order valence-electron chi connectivity index (χ2n) is 28.8. The van der Waals surface area contributed by atoms with Crippen LogP contribution in [0.25, 0.3) is 0 Å². The number of anilines is 2. The number of aliphatic hydroxyl groups excluding tert-OH is 1. The van der Waals surface area contributed by atoms with Crippen LogP contribution in [-0.2, 0) is 68.5 Å². The van der Waals surface area contributed by atoms with Gasteiger partial charge in [-0.05, 0) is 119 Å². The second-order valence-corrected chi connectivity index (χ2v) is 28.8. The minimum Gasteiger partial charge on any atom is -0.460 e. The summed E-state index contributed by atoms with van der Waals surface area (Å²) in [5.41, 5.74) is 2.91. The van der Waals surface area contributed by atoms with Crippen LogP contribution in [0.3, 0.4) is 0 Å². The molecule has 15 atom stereocenters. The Morgan fingerprint density at radius 3 is 2.10 bits per heavy atom. The maximum Gasteiger partial charge on any atom is 0.407 e. The van der Waals surface area contributed by atoms with E-state index in [-0.39, 0.29) is 61.7 Å². The van der Waals surface area contributed by atoms with Gasteiger partial charge >= 0.3 is 12.1 Å². The third-order valence-electron chi connectivity index (χ3n) is 21.2. The van der Waals surface area contributed by atoms with E-state index >= 15 is 0 Å². The van der Waals surface area contributed by atoms with E-state index < -0.39 is 102 Å². The normalized spacial score (nSPS) is 32.1. The number of carbonyl (C=O) groups is 7. The van der Waals surface area contributed by atoms with E-state index in [4.69, 9.17) is 33.2 Å². The number of rotatable bonds is 17. The van der Waals surface area contributed by atoms with Crippen LogP contribution < -0.4 is 15.1 Å². The minimum atomic E-state index is -2.48. The van der Waals surface area contributed by atoms with E-state index in [1.54, 1.807) is 60.4 Å². The van der Waals surface area contributed by atoms with Gasteiger partial charge in [-0.1, -0.05) is 71.1 Å². The molecular weight excluding hydrogens is 1300 g/mol. The number of hydrogen-bond acceptors (Lipinski definition) is 23. The first-order valence-electron chi connectivity index (χ1n) is 36.5. The van der Waals surface area contributed by atoms with Crippen LogP contribution in [-0.4, -0.2) is 241 Å². The smallest absolute Gasteiger partial charge is 0.407 e. The number of aromatic nitrogens is 4. The number of hydrogen-bond donors (Lipinski definition) is 3. The van der Waals surface area contributed by atoms with Crippen molar-refractivity contribution in [2.75, 3.05) is 110 Å². The van der Waals surface area contributed by atoms with Gasteiger partial charge in [0.1, 0.15) is 36.2 Å². The molecule has 1 aliphatic carbocycles. The van der Waals surface area contributed by atoms with Gasteiger partial charge in [-0.3, -0.25) is 28.9 Å². The lowest BCUT2D eigenvalue weighted by Crippen LogP contribution is -2.61. The van der Waals surface area contributed by atoms with Gasteiger partial charge in [0.2, 0.25) is 23.6 Å². The molecule has 2 aromatic heterocycles. The van der Waals surface area contributed by atoms with E-state index in [2.05, 4.69) is 35.1 Å². The van der Waals surface area contributed by atoms with Gasteiger partial charge in [0.15, 0.2) is 5.78 Å². The number of methoxy groups -OCH3 is 3. The highest BCUT2D eigenvalue weighted by Gasteiger charge is 2.53. The summed E-state index contributed by atoms with van der Waals surface area (Å²) in [6.07, 6.45) is 16.6. The van der Waals surface area contributed by atoms with Gasteiger partial charge in [0, 0.05) is 154 Å². The molecule has 1 saturated carbocycles. The molecule has 4 saturated heterocycles. The Labute approximate surface area is 596 Å². The maximum absolute atomic E-state index is 14.8. The Kier molecular flexibility index (Phi) is 30.5. The summed E-state index contributed by atoms with van der Waals surface area (Å²) in [7, 11) is 4.50. The third-order valence-corrected chi connectivity index (χ3v) is 21.2.